The fraction of sp³-hybridized carbons (Fsp3) is 0.412. The molecule has 1 fully saturated rings. The molecule has 0 aliphatic carbocycles. The van der Waals surface area contributed by atoms with Crippen molar-refractivity contribution in [2.45, 2.75) is 25.8 Å². The molecule has 0 bridgehead atoms. The minimum Gasteiger partial charge on any atom is -0.368 e. The van der Waals surface area contributed by atoms with Gasteiger partial charge in [0.15, 0.2) is 0 Å². The van der Waals surface area contributed by atoms with Crippen LogP contribution >= 0.6 is 11.6 Å². The molecule has 6 heteroatoms. The Morgan fingerprint density at radius 1 is 1.30 bits per heavy atom. The summed E-state index contributed by atoms with van der Waals surface area (Å²) in [6.07, 6.45) is 0. The minimum atomic E-state index is 0.177. The summed E-state index contributed by atoms with van der Waals surface area (Å²) in [5.74, 6) is 1.54. The number of aromatic nitrogens is 2. The SMILES string of the molecule is CC(C)c1cc(N2CCNC(c3ccccc3Cl)C2)nc(N)n1. The Morgan fingerprint density at radius 3 is 2.83 bits per heavy atom. The van der Waals surface area contributed by atoms with E-state index in [0.29, 0.717) is 11.9 Å². The number of halogens is 1. The van der Waals surface area contributed by atoms with Gasteiger partial charge < -0.3 is 16.0 Å². The molecule has 0 amide bonds. The number of rotatable bonds is 3. The number of hydrogen-bond donors (Lipinski definition) is 2. The third-order valence-corrected chi connectivity index (χ3v) is 4.47. The van der Waals surface area contributed by atoms with Crippen LogP contribution < -0.4 is 16.0 Å². The predicted octanol–water partition coefficient (Wildman–Crippen LogP) is 2.99. The van der Waals surface area contributed by atoms with E-state index in [1.807, 2.05) is 24.3 Å². The summed E-state index contributed by atoms with van der Waals surface area (Å²) in [6, 6.07) is 10.2. The highest BCUT2D eigenvalue weighted by atomic mass is 35.5. The first kappa shape index (κ1) is 16.0. The van der Waals surface area contributed by atoms with Crippen molar-refractivity contribution in [1.29, 1.82) is 0 Å². The number of nitrogens with two attached hydrogens (primary N) is 1. The van der Waals surface area contributed by atoms with E-state index in [1.165, 1.54) is 0 Å². The second-order valence-corrected chi connectivity index (χ2v) is 6.55. The average molecular weight is 332 g/mol. The molecule has 1 atom stereocenters. The third kappa shape index (κ3) is 3.57. The lowest BCUT2D eigenvalue weighted by atomic mass is 10.0. The van der Waals surface area contributed by atoms with Crippen molar-refractivity contribution < 1.29 is 0 Å². The monoisotopic (exact) mass is 331 g/mol. The molecule has 23 heavy (non-hydrogen) atoms. The summed E-state index contributed by atoms with van der Waals surface area (Å²) in [4.78, 5) is 11.0. The van der Waals surface area contributed by atoms with Gasteiger partial charge in [-0.1, -0.05) is 43.6 Å². The van der Waals surface area contributed by atoms with E-state index in [1.54, 1.807) is 0 Å². The number of nitrogens with one attached hydrogen (secondary N) is 1. The van der Waals surface area contributed by atoms with Crippen LogP contribution in [0.2, 0.25) is 5.02 Å². The maximum Gasteiger partial charge on any atom is 0.222 e. The lowest BCUT2D eigenvalue weighted by molar-refractivity contribution is 0.469. The molecule has 1 aliphatic heterocycles. The van der Waals surface area contributed by atoms with Gasteiger partial charge in [-0.05, 0) is 17.5 Å². The normalized spacial score (nSPS) is 18.4. The number of nitrogen functional groups attached to an aromatic ring is 1. The summed E-state index contributed by atoms with van der Waals surface area (Å²) in [5, 5.41) is 4.32. The van der Waals surface area contributed by atoms with Crippen LogP contribution in [-0.4, -0.2) is 29.6 Å². The van der Waals surface area contributed by atoms with E-state index in [9.17, 15) is 0 Å². The average Bonchev–Trinajstić information content (AvgIpc) is 2.55. The van der Waals surface area contributed by atoms with Gasteiger partial charge in [0.25, 0.3) is 0 Å². The van der Waals surface area contributed by atoms with Crippen molar-refractivity contribution in [2.24, 2.45) is 0 Å². The maximum absolute atomic E-state index is 6.34. The van der Waals surface area contributed by atoms with Crippen molar-refractivity contribution in [3.63, 3.8) is 0 Å². The molecule has 3 rings (SSSR count). The van der Waals surface area contributed by atoms with E-state index in [2.05, 4.69) is 40.1 Å². The second-order valence-electron chi connectivity index (χ2n) is 6.14. The maximum atomic E-state index is 6.34. The first-order valence-corrected chi connectivity index (χ1v) is 8.29. The topological polar surface area (TPSA) is 67.1 Å². The van der Waals surface area contributed by atoms with Crippen LogP contribution in [0.5, 0.6) is 0 Å². The largest absolute Gasteiger partial charge is 0.368 e. The Balaban J connectivity index is 1.85. The number of anilines is 2. The van der Waals surface area contributed by atoms with Crippen LogP contribution in [0, 0.1) is 0 Å². The van der Waals surface area contributed by atoms with Crippen LogP contribution in [-0.2, 0) is 0 Å². The molecule has 2 heterocycles. The van der Waals surface area contributed by atoms with Gasteiger partial charge in [-0.3, -0.25) is 0 Å². The smallest absolute Gasteiger partial charge is 0.222 e. The molecule has 1 unspecified atom stereocenters. The van der Waals surface area contributed by atoms with Crippen molar-refractivity contribution in [3.8, 4) is 0 Å². The van der Waals surface area contributed by atoms with Gasteiger partial charge in [-0.15, -0.1) is 0 Å². The van der Waals surface area contributed by atoms with Gasteiger partial charge in [0.1, 0.15) is 5.82 Å². The zero-order valence-electron chi connectivity index (χ0n) is 13.5. The first-order chi connectivity index (χ1) is 11.0. The summed E-state index contributed by atoms with van der Waals surface area (Å²) in [5.41, 5.74) is 7.98. The van der Waals surface area contributed by atoms with Gasteiger partial charge in [-0.2, -0.15) is 4.98 Å². The van der Waals surface area contributed by atoms with Crippen molar-refractivity contribution in [2.75, 3.05) is 30.3 Å². The van der Waals surface area contributed by atoms with Crippen molar-refractivity contribution in [1.82, 2.24) is 15.3 Å². The lowest BCUT2D eigenvalue weighted by Crippen LogP contribution is -2.46. The molecule has 5 nitrogen and oxygen atoms in total. The summed E-state index contributed by atoms with van der Waals surface area (Å²) in [7, 11) is 0. The Bertz CT molecular complexity index is 688. The quantitative estimate of drug-likeness (QED) is 0.905. The van der Waals surface area contributed by atoms with Gasteiger partial charge in [0.05, 0.1) is 11.7 Å². The minimum absolute atomic E-state index is 0.177. The van der Waals surface area contributed by atoms with Crippen LogP contribution in [0.15, 0.2) is 30.3 Å². The Morgan fingerprint density at radius 2 is 2.09 bits per heavy atom. The predicted molar refractivity (Wildman–Crippen MR) is 94.9 cm³/mol. The highest BCUT2D eigenvalue weighted by molar-refractivity contribution is 6.31. The van der Waals surface area contributed by atoms with Gasteiger partial charge in [-0.25, -0.2) is 4.98 Å². The molecule has 3 N–H and O–H groups in total. The molecule has 1 saturated heterocycles. The number of benzene rings is 1. The lowest BCUT2D eigenvalue weighted by Gasteiger charge is -2.35. The fourth-order valence-corrected chi connectivity index (χ4v) is 3.12. The third-order valence-electron chi connectivity index (χ3n) is 4.12. The van der Waals surface area contributed by atoms with Gasteiger partial charge in [0, 0.05) is 30.7 Å². The molecule has 0 saturated carbocycles. The number of piperazine rings is 1. The number of nitrogens with zero attached hydrogens (tertiary/aromatic N) is 3. The van der Waals surface area contributed by atoms with Gasteiger partial charge in [0.2, 0.25) is 5.95 Å². The van der Waals surface area contributed by atoms with E-state index in [0.717, 1.165) is 41.7 Å². The van der Waals surface area contributed by atoms with Gasteiger partial charge >= 0.3 is 0 Å². The molecule has 0 radical (unpaired) electrons. The number of hydrogen-bond acceptors (Lipinski definition) is 5. The highest BCUT2D eigenvalue weighted by Crippen LogP contribution is 2.27. The summed E-state index contributed by atoms with van der Waals surface area (Å²) < 4.78 is 0. The Hall–Kier alpha value is -1.85. The molecular weight excluding hydrogens is 310 g/mol. The molecule has 1 aromatic carbocycles. The zero-order valence-corrected chi connectivity index (χ0v) is 14.2. The van der Waals surface area contributed by atoms with Crippen molar-refractivity contribution in [3.05, 3.63) is 46.6 Å². The molecule has 122 valence electrons. The first-order valence-electron chi connectivity index (χ1n) is 7.92. The fourth-order valence-electron chi connectivity index (χ4n) is 2.85. The zero-order chi connectivity index (χ0) is 16.4. The van der Waals surface area contributed by atoms with Crippen LogP contribution in [0.4, 0.5) is 11.8 Å². The van der Waals surface area contributed by atoms with Crippen LogP contribution in [0.25, 0.3) is 0 Å². The molecule has 1 aliphatic rings. The molecule has 2 aromatic rings. The van der Waals surface area contributed by atoms with Crippen molar-refractivity contribution >= 4 is 23.4 Å². The highest BCUT2D eigenvalue weighted by Gasteiger charge is 2.24. The molecular formula is C17H22ClN5. The Labute approximate surface area is 141 Å². The standard InChI is InChI=1S/C17H22ClN5/c1-11(2)14-9-16(22-17(19)21-14)23-8-7-20-15(10-23)12-5-3-4-6-13(12)18/h3-6,9,11,15,20H,7-8,10H2,1-2H3,(H2,19,21,22). The summed E-state index contributed by atoms with van der Waals surface area (Å²) >= 11 is 6.34. The van der Waals surface area contributed by atoms with E-state index < -0.39 is 0 Å². The molecule has 0 spiro atoms. The van der Waals surface area contributed by atoms with E-state index in [4.69, 9.17) is 17.3 Å². The molecule has 1 aromatic heterocycles. The van der Waals surface area contributed by atoms with Crippen LogP contribution in [0.3, 0.4) is 0 Å². The van der Waals surface area contributed by atoms with Crippen LogP contribution in [0.1, 0.15) is 37.1 Å². The summed E-state index contributed by atoms with van der Waals surface area (Å²) in [6.45, 7) is 6.77. The Kier molecular flexibility index (Phi) is 4.68. The second kappa shape index (κ2) is 6.72. The van der Waals surface area contributed by atoms with E-state index in [-0.39, 0.29) is 6.04 Å². The van der Waals surface area contributed by atoms with E-state index >= 15 is 0 Å².